The summed E-state index contributed by atoms with van der Waals surface area (Å²) in [6, 6.07) is 16.6. The zero-order chi connectivity index (χ0) is 19.2. The molecule has 0 saturated carbocycles. The molecular weight excluding hydrogens is 384 g/mol. The quantitative estimate of drug-likeness (QED) is 0.628. The SMILES string of the molecule is Cc1nc(-c2ccccc2)c(C(=O)OCC(=O)NCc2cccc(Cl)c2)s1. The van der Waals surface area contributed by atoms with Crippen molar-refractivity contribution in [2.45, 2.75) is 13.5 Å². The van der Waals surface area contributed by atoms with Crippen LogP contribution in [0.15, 0.2) is 54.6 Å². The van der Waals surface area contributed by atoms with E-state index in [4.69, 9.17) is 16.3 Å². The number of benzene rings is 2. The fraction of sp³-hybridized carbons (Fsp3) is 0.150. The van der Waals surface area contributed by atoms with Crippen LogP contribution in [0.3, 0.4) is 0 Å². The van der Waals surface area contributed by atoms with Crippen molar-refractivity contribution in [1.29, 1.82) is 0 Å². The summed E-state index contributed by atoms with van der Waals surface area (Å²) in [5.74, 6) is -0.941. The highest BCUT2D eigenvalue weighted by atomic mass is 35.5. The molecule has 0 aliphatic heterocycles. The Labute approximate surface area is 166 Å². The lowest BCUT2D eigenvalue weighted by Gasteiger charge is -2.07. The Hall–Kier alpha value is -2.70. The van der Waals surface area contributed by atoms with Crippen molar-refractivity contribution in [1.82, 2.24) is 10.3 Å². The highest BCUT2D eigenvalue weighted by Gasteiger charge is 2.20. The molecule has 0 unspecified atom stereocenters. The van der Waals surface area contributed by atoms with Gasteiger partial charge in [0.05, 0.1) is 10.7 Å². The van der Waals surface area contributed by atoms with Crippen molar-refractivity contribution in [3.63, 3.8) is 0 Å². The standard InChI is InChI=1S/C20H17ClN2O3S/c1-13-23-18(15-7-3-2-4-8-15)19(27-13)20(25)26-12-17(24)22-11-14-6-5-9-16(21)10-14/h2-10H,11-12H2,1H3,(H,22,24). The lowest BCUT2D eigenvalue weighted by Crippen LogP contribution is -2.28. The van der Waals surface area contributed by atoms with Crippen molar-refractivity contribution in [3.8, 4) is 11.3 Å². The molecule has 0 spiro atoms. The second-order valence-corrected chi connectivity index (χ2v) is 7.40. The smallest absolute Gasteiger partial charge is 0.351 e. The number of hydrogen-bond donors (Lipinski definition) is 1. The van der Waals surface area contributed by atoms with Crippen LogP contribution in [0.1, 0.15) is 20.2 Å². The van der Waals surface area contributed by atoms with Gasteiger partial charge in [-0.25, -0.2) is 9.78 Å². The van der Waals surface area contributed by atoms with E-state index < -0.39 is 5.97 Å². The zero-order valence-corrected chi connectivity index (χ0v) is 16.1. The maximum absolute atomic E-state index is 12.4. The third kappa shape index (κ3) is 5.15. The van der Waals surface area contributed by atoms with Crippen LogP contribution < -0.4 is 5.32 Å². The molecule has 0 radical (unpaired) electrons. The van der Waals surface area contributed by atoms with Gasteiger partial charge in [-0.2, -0.15) is 0 Å². The Bertz CT molecular complexity index is 957. The molecule has 1 heterocycles. The monoisotopic (exact) mass is 400 g/mol. The van der Waals surface area contributed by atoms with Crippen LogP contribution in [-0.2, 0) is 16.1 Å². The second kappa shape index (κ2) is 8.79. The van der Waals surface area contributed by atoms with E-state index in [1.807, 2.05) is 43.3 Å². The van der Waals surface area contributed by atoms with Crippen molar-refractivity contribution in [3.05, 3.63) is 75.1 Å². The first-order valence-electron chi connectivity index (χ1n) is 8.24. The number of carbonyl (C=O) groups is 2. The molecule has 1 N–H and O–H groups in total. The number of ether oxygens (including phenoxy) is 1. The molecule has 1 amide bonds. The van der Waals surface area contributed by atoms with Gasteiger partial charge in [0.2, 0.25) is 0 Å². The number of halogens is 1. The molecule has 3 rings (SSSR count). The molecule has 0 saturated heterocycles. The Morgan fingerprint density at radius 3 is 2.67 bits per heavy atom. The molecule has 0 fully saturated rings. The van der Waals surface area contributed by atoms with Gasteiger partial charge in [0.15, 0.2) is 6.61 Å². The molecule has 7 heteroatoms. The van der Waals surface area contributed by atoms with Crippen LogP contribution in [0, 0.1) is 6.92 Å². The average Bonchev–Trinajstić information content (AvgIpc) is 3.07. The summed E-state index contributed by atoms with van der Waals surface area (Å²) in [5.41, 5.74) is 2.27. The molecule has 0 aliphatic rings. The zero-order valence-electron chi connectivity index (χ0n) is 14.6. The summed E-state index contributed by atoms with van der Waals surface area (Å²) in [6.07, 6.45) is 0. The molecule has 3 aromatic rings. The third-order valence-electron chi connectivity index (χ3n) is 3.68. The van der Waals surface area contributed by atoms with Gasteiger partial charge in [-0.3, -0.25) is 4.79 Å². The number of hydrogen-bond acceptors (Lipinski definition) is 5. The Morgan fingerprint density at radius 2 is 1.93 bits per heavy atom. The average molecular weight is 401 g/mol. The molecule has 138 valence electrons. The van der Waals surface area contributed by atoms with Gasteiger partial charge in [-0.05, 0) is 24.6 Å². The topological polar surface area (TPSA) is 68.3 Å². The molecule has 2 aromatic carbocycles. The number of aromatic nitrogens is 1. The van der Waals surface area contributed by atoms with Gasteiger partial charge in [0.25, 0.3) is 5.91 Å². The van der Waals surface area contributed by atoms with E-state index >= 15 is 0 Å². The minimum absolute atomic E-state index is 0.311. The first kappa shape index (κ1) is 19.1. The predicted octanol–water partition coefficient (Wildman–Crippen LogP) is 4.25. The van der Waals surface area contributed by atoms with E-state index in [0.29, 0.717) is 22.1 Å². The van der Waals surface area contributed by atoms with Gasteiger partial charge < -0.3 is 10.1 Å². The summed E-state index contributed by atoms with van der Waals surface area (Å²) < 4.78 is 5.17. The third-order valence-corrected chi connectivity index (χ3v) is 4.87. The first-order chi connectivity index (χ1) is 13.0. The van der Waals surface area contributed by atoms with Crippen LogP contribution in [0.25, 0.3) is 11.3 Å². The number of amides is 1. The number of nitrogens with zero attached hydrogens (tertiary/aromatic N) is 1. The summed E-state index contributed by atoms with van der Waals surface area (Å²) in [7, 11) is 0. The normalized spacial score (nSPS) is 10.4. The lowest BCUT2D eigenvalue weighted by atomic mass is 10.1. The van der Waals surface area contributed by atoms with Crippen molar-refractivity contribution in [2.75, 3.05) is 6.61 Å². The van der Waals surface area contributed by atoms with E-state index in [1.165, 1.54) is 11.3 Å². The largest absolute Gasteiger partial charge is 0.451 e. The number of thiazole rings is 1. The van der Waals surface area contributed by atoms with E-state index in [0.717, 1.165) is 16.1 Å². The van der Waals surface area contributed by atoms with E-state index in [9.17, 15) is 9.59 Å². The molecule has 5 nitrogen and oxygen atoms in total. The maximum atomic E-state index is 12.4. The van der Waals surface area contributed by atoms with Gasteiger partial charge in [-0.1, -0.05) is 54.1 Å². The van der Waals surface area contributed by atoms with E-state index in [2.05, 4.69) is 10.3 Å². The molecule has 0 aliphatic carbocycles. The minimum Gasteiger partial charge on any atom is -0.451 e. The fourth-order valence-electron chi connectivity index (χ4n) is 2.45. The number of carbonyl (C=O) groups excluding carboxylic acids is 2. The molecule has 0 atom stereocenters. The first-order valence-corrected chi connectivity index (χ1v) is 9.43. The highest BCUT2D eigenvalue weighted by Crippen LogP contribution is 2.28. The summed E-state index contributed by atoms with van der Waals surface area (Å²) >= 11 is 7.16. The van der Waals surface area contributed by atoms with Crippen molar-refractivity contribution >= 4 is 34.8 Å². The summed E-state index contributed by atoms with van der Waals surface area (Å²) in [5, 5.41) is 4.05. The van der Waals surface area contributed by atoms with Crippen LogP contribution in [0.5, 0.6) is 0 Å². The summed E-state index contributed by atoms with van der Waals surface area (Å²) in [4.78, 5) is 29.2. The van der Waals surface area contributed by atoms with Gasteiger partial charge in [-0.15, -0.1) is 11.3 Å². The van der Waals surface area contributed by atoms with E-state index in [1.54, 1.807) is 18.2 Å². The number of aryl methyl sites for hydroxylation is 1. The van der Waals surface area contributed by atoms with Crippen LogP contribution in [-0.4, -0.2) is 23.5 Å². The molecule has 27 heavy (non-hydrogen) atoms. The lowest BCUT2D eigenvalue weighted by molar-refractivity contribution is -0.124. The van der Waals surface area contributed by atoms with Crippen molar-refractivity contribution in [2.24, 2.45) is 0 Å². The minimum atomic E-state index is -0.558. The van der Waals surface area contributed by atoms with Crippen LogP contribution in [0.2, 0.25) is 5.02 Å². The number of rotatable bonds is 6. The van der Waals surface area contributed by atoms with Crippen LogP contribution in [0.4, 0.5) is 0 Å². The Kier molecular flexibility index (Phi) is 6.21. The Morgan fingerprint density at radius 1 is 1.15 bits per heavy atom. The summed E-state index contributed by atoms with van der Waals surface area (Å²) in [6.45, 7) is 1.78. The molecule has 0 bridgehead atoms. The van der Waals surface area contributed by atoms with Gasteiger partial charge in [0.1, 0.15) is 4.88 Å². The maximum Gasteiger partial charge on any atom is 0.351 e. The highest BCUT2D eigenvalue weighted by molar-refractivity contribution is 7.14. The number of esters is 1. The van der Waals surface area contributed by atoms with Crippen molar-refractivity contribution < 1.29 is 14.3 Å². The second-order valence-electron chi connectivity index (χ2n) is 5.76. The molecular formula is C20H17ClN2O3S. The Balaban J connectivity index is 1.59. The predicted molar refractivity (Wildman–Crippen MR) is 106 cm³/mol. The van der Waals surface area contributed by atoms with Gasteiger partial charge >= 0.3 is 5.97 Å². The fourth-order valence-corrected chi connectivity index (χ4v) is 3.50. The number of nitrogens with one attached hydrogen (secondary N) is 1. The van der Waals surface area contributed by atoms with Gasteiger partial charge in [0, 0.05) is 17.1 Å². The molecule has 1 aromatic heterocycles. The van der Waals surface area contributed by atoms with E-state index in [-0.39, 0.29) is 12.5 Å². The van der Waals surface area contributed by atoms with Crippen LogP contribution >= 0.6 is 22.9 Å².